The first-order valence-corrected chi connectivity index (χ1v) is 17.9. The number of benzene rings is 8. The number of rotatable bonds is 3. The maximum Gasteiger partial charge on any atom is 0.0562 e. The van der Waals surface area contributed by atoms with Crippen LogP contribution in [0.15, 0.2) is 170 Å². The third-order valence-electron chi connectivity index (χ3n) is 11.5. The normalized spacial score (nSPS) is 13.5. The Bertz CT molecular complexity index is 3040. The van der Waals surface area contributed by atoms with Crippen LogP contribution in [-0.4, -0.2) is 9.13 Å². The van der Waals surface area contributed by atoms with Crippen LogP contribution in [0.2, 0.25) is 0 Å². The Morgan fingerprint density at radius 2 is 1.06 bits per heavy atom. The SMILES string of the molecule is CC1(C)c2ccccc2-c2cc(-c3cccc(-n4c5cc6c(cc5c5c7ccccc7ccc54)c4ccccc4n6-c4ccccc4)c3)ccc21. The summed E-state index contributed by atoms with van der Waals surface area (Å²) in [7, 11) is 0. The van der Waals surface area contributed by atoms with Crippen LogP contribution in [0, 0.1) is 0 Å². The molecule has 1 aliphatic rings. The van der Waals surface area contributed by atoms with E-state index < -0.39 is 0 Å². The van der Waals surface area contributed by atoms with E-state index in [9.17, 15) is 0 Å². The quantitative estimate of drug-likeness (QED) is 0.180. The molecule has 0 spiro atoms. The summed E-state index contributed by atoms with van der Waals surface area (Å²) >= 11 is 0. The Labute approximate surface area is 296 Å². The highest BCUT2D eigenvalue weighted by Crippen LogP contribution is 2.50. The second-order valence-corrected chi connectivity index (χ2v) is 14.6. The summed E-state index contributed by atoms with van der Waals surface area (Å²) < 4.78 is 4.91. The fraction of sp³-hybridized carbons (Fsp3) is 0.0612. The van der Waals surface area contributed by atoms with Crippen LogP contribution in [0.5, 0.6) is 0 Å². The summed E-state index contributed by atoms with van der Waals surface area (Å²) in [6.07, 6.45) is 0. The lowest BCUT2D eigenvalue weighted by Crippen LogP contribution is -2.14. The van der Waals surface area contributed by atoms with Gasteiger partial charge in [-0.1, -0.05) is 129 Å². The average molecular weight is 651 g/mol. The first-order chi connectivity index (χ1) is 25.1. The Morgan fingerprint density at radius 3 is 1.96 bits per heavy atom. The van der Waals surface area contributed by atoms with Gasteiger partial charge in [0.05, 0.1) is 22.1 Å². The lowest BCUT2D eigenvalue weighted by molar-refractivity contribution is 0.660. The summed E-state index contributed by atoms with van der Waals surface area (Å²) in [5, 5.41) is 7.63. The van der Waals surface area contributed by atoms with E-state index in [1.807, 2.05) is 0 Å². The van der Waals surface area contributed by atoms with Gasteiger partial charge in [-0.05, 0) is 98.8 Å². The molecular weight excluding hydrogens is 617 g/mol. The van der Waals surface area contributed by atoms with Gasteiger partial charge in [0.2, 0.25) is 0 Å². The summed E-state index contributed by atoms with van der Waals surface area (Å²) in [6, 6.07) is 62.9. The van der Waals surface area contributed by atoms with E-state index in [1.165, 1.54) is 93.5 Å². The molecule has 0 atom stereocenters. The zero-order chi connectivity index (χ0) is 33.8. The highest BCUT2D eigenvalue weighted by molar-refractivity contribution is 6.25. The standard InChI is InChI=1S/C49H34N2/c1-49(2)42-21-10-8-19-37(42)39-28-33(23-25-43(39)49)32-14-12-17-35(27-32)51-45-26-24-31-13-6-7-18-36(31)48(45)41-29-40-38-20-9-11-22-44(38)50(46(40)30-47(41)51)34-15-4-3-5-16-34/h3-30H,1-2H3. The van der Waals surface area contributed by atoms with Crippen molar-refractivity contribution in [2.45, 2.75) is 19.3 Å². The molecule has 0 aliphatic heterocycles. The summed E-state index contributed by atoms with van der Waals surface area (Å²) in [5.41, 5.74) is 15.1. The van der Waals surface area contributed by atoms with Gasteiger partial charge in [-0.2, -0.15) is 0 Å². The molecule has 0 fully saturated rings. The molecule has 2 aromatic heterocycles. The Hall–Kier alpha value is -6.38. The third-order valence-corrected chi connectivity index (χ3v) is 11.5. The van der Waals surface area contributed by atoms with Crippen molar-refractivity contribution in [1.29, 1.82) is 0 Å². The molecule has 11 rings (SSSR count). The molecule has 2 heterocycles. The zero-order valence-corrected chi connectivity index (χ0v) is 28.6. The molecule has 0 bridgehead atoms. The minimum absolute atomic E-state index is 0.00833. The second kappa shape index (κ2) is 10.3. The van der Waals surface area contributed by atoms with Gasteiger partial charge in [0.1, 0.15) is 0 Å². The van der Waals surface area contributed by atoms with Crippen LogP contribution in [0.3, 0.4) is 0 Å². The number of para-hydroxylation sites is 2. The van der Waals surface area contributed by atoms with Crippen molar-refractivity contribution in [3.63, 3.8) is 0 Å². The van der Waals surface area contributed by atoms with Crippen molar-refractivity contribution >= 4 is 54.4 Å². The topological polar surface area (TPSA) is 9.86 Å². The van der Waals surface area contributed by atoms with Crippen molar-refractivity contribution < 1.29 is 0 Å². The largest absolute Gasteiger partial charge is 0.309 e. The number of aromatic nitrogens is 2. The Kier molecular flexibility index (Phi) is 5.76. The number of hydrogen-bond acceptors (Lipinski definition) is 0. The maximum absolute atomic E-state index is 2.48. The smallest absolute Gasteiger partial charge is 0.0562 e. The van der Waals surface area contributed by atoms with Gasteiger partial charge in [0.15, 0.2) is 0 Å². The van der Waals surface area contributed by atoms with E-state index in [0.717, 1.165) is 5.69 Å². The molecule has 0 saturated carbocycles. The summed E-state index contributed by atoms with van der Waals surface area (Å²) in [5.74, 6) is 0. The molecule has 2 heteroatoms. The van der Waals surface area contributed by atoms with Crippen LogP contribution in [-0.2, 0) is 5.41 Å². The van der Waals surface area contributed by atoms with E-state index in [0.29, 0.717) is 0 Å². The van der Waals surface area contributed by atoms with E-state index in [-0.39, 0.29) is 5.41 Å². The lowest BCUT2D eigenvalue weighted by Gasteiger charge is -2.21. The molecule has 0 unspecified atom stereocenters. The van der Waals surface area contributed by atoms with Crippen molar-refractivity contribution in [1.82, 2.24) is 9.13 Å². The molecule has 240 valence electrons. The van der Waals surface area contributed by atoms with Crippen molar-refractivity contribution in [3.8, 4) is 33.6 Å². The predicted octanol–water partition coefficient (Wildman–Crippen LogP) is 13.0. The van der Waals surface area contributed by atoms with Gasteiger partial charge in [0.25, 0.3) is 0 Å². The average Bonchev–Trinajstić information content (AvgIpc) is 3.77. The highest BCUT2D eigenvalue weighted by Gasteiger charge is 2.35. The minimum Gasteiger partial charge on any atom is -0.309 e. The lowest BCUT2D eigenvalue weighted by atomic mass is 9.82. The number of nitrogens with zero attached hydrogens (tertiary/aromatic N) is 2. The maximum atomic E-state index is 2.48. The van der Waals surface area contributed by atoms with Gasteiger partial charge in [-0.3, -0.25) is 0 Å². The Balaban J connectivity index is 1.20. The van der Waals surface area contributed by atoms with E-state index in [2.05, 4.69) is 193 Å². The fourth-order valence-electron chi connectivity index (χ4n) is 9.11. The molecule has 0 N–H and O–H groups in total. The summed E-state index contributed by atoms with van der Waals surface area (Å²) in [6.45, 7) is 4.69. The molecule has 10 aromatic rings. The molecule has 0 saturated heterocycles. The van der Waals surface area contributed by atoms with Crippen molar-refractivity contribution in [2.75, 3.05) is 0 Å². The van der Waals surface area contributed by atoms with Crippen molar-refractivity contribution in [3.05, 3.63) is 181 Å². The van der Waals surface area contributed by atoms with Gasteiger partial charge >= 0.3 is 0 Å². The molecule has 0 radical (unpaired) electrons. The zero-order valence-electron chi connectivity index (χ0n) is 28.6. The van der Waals surface area contributed by atoms with Crippen LogP contribution in [0.4, 0.5) is 0 Å². The van der Waals surface area contributed by atoms with Crippen LogP contribution < -0.4 is 0 Å². The first kappa shape index (κ1) is 28.5. The number of hydrogen-bond donors (Lipinski definition) is 0. The monoisotopic (exact) mass is 650 g/mol. The van der Waals surface area contributed by atoms with E-state index >= 15 is 0 Å². The van der Waals surface area contributed by atoms with Gasteiger partial charge < -0.3 is 9.13 Å². The molecule has 0 amide bonds. The minimum atomic E-state index is -0.00833. The Morgan fingerprint density at radius 1 is 0.373 bits per heavy atom. The third kappa shape index (κ3) is 3.93. The fourth-order valence-corrected chi connectivity index (χ4v) is 9.11. The predicted molar refractivity (Wildman–Crippen MR) is 216 cm³/mol. The van der Waals surface area contributed by atoms with Crippen LogP contribution in [0.25, 0.3) is 88.0 Å². The van der Waals surface area contributed by atoms with Gasteiger partial charge in [-0.15, -0.1) is 0 Å². The van der Waals surface area contributed by atoms with Crippen molar-refractivity contribution in [2.24, 2.45) is 0 Å². The van der Waals surface area contributed by atoms with E-state index in [1.54, 1.807) is 0 Å². The molecule has 8 aromatic carbocycles. The first-order valence-electron chi connectivity index (χ1n) is 17.9. The van der Waals surface area contributed by atoms with Crippen LogP contribution >= 0.6 is 0 Å². The van der Waals surface area contributed by atoms with Gasteiger partial charge in [-0.25, -0.2) is 0 Å². The van der Waals surface area contributed by atoms with E-state index in [4.69, 9.17) is 0 Å². The summed E-state index contributed by atoms with van der Waals surface area (Å²) in [4.78, 5) is 0. The molecule has 51 heavy (non-hydrogen) atoms. The molecular formula is C49H34N2. The molecule has 2 nitrogen and oxygen atoms in total. The van der Waals surface area contributed by atoms with Gasteiger partial charge in [0, 0.05) is 38.3 Å². The van der Waals surface area contributed by atoms with Crippen LogP contribution in [0.1, 0.15) is 25.0 Å². The number of fused-ring (bicyclic) bond motifs is 11. The second-order valence-electron chi connectivity index (χ2n) is 14.6. The molecule has 1 aliphatic carbocycles. The highest BCUT2D eigenvalue weighted by atomic mass is 15.0.